The van der Waals surface area contributed by atoms with Crippen LogP contribution < -0.4 is 10.2 Å². The van der Waals surface area contributed by atoms with Crippen molar-refractivity contribution in [3.63, 3.8) is 0 Å². The highest BCUT2D eigenvalue weighted by atomic mass is 32.2. The summed E-state index contributed by atoms with van der Waals surface area (Å²) in [7, 11) is 0. The number of hydrogen-bond acceptors (Lipinski definition) is 4. The van der Waals surface area contributed by atoms with E-state index in [9.17, 15) is 9.59 Å². The van der Waals surface area contributed by atoms with Gasteiger partial charge in [-0.1, -0.05) is 37.2 Å². The minimum Gasteiger partial charge on any atom is -0.356 e. The summed E-state index contributed by atoms with van der Waals surface area (Å²) in [5, 5.41) is 3.61. The Morgan fingerprint density at radius 1 is 1.24 bits per heavy atom. The summed E-state index contributed by atoms with van der Waals surface area (Å²) in [5.41, 5.74) is 1.41. The van der Waals surface area contributed by atoms with Gasteiger partial charge < -0.3 is 10.2 Å². The Bertz CT molecular complexity index is 779. The Balaban J connectivity index is 1.82. The molecule has 1 aliphatic heterocycles. The minimum atomic E-state index is -0.109. The number of unbranched alkanes of at least 4 members (excludes halogenated alkanes) is 1. The smallest absolute Gasteiger partial charge is 0.261 e. The van der Waals surface area contributed by atoms with Crippen LogP contribution >= 0.6 is 11.8 Å². The third kappa shape index (κ3) is 4.02. The van der Waals surface area contributed by atoms with Crippen LogP contribution in [0.1, 0.15) is 36.5 Å². The lowest BCUT2D eigenvalue weighted by atomic mass is 10.2. The van der Waals surface area contributed by atoms with E-state index in [1.165, 1.54) is 11.8 Å². The normalized spacial score (nSPS) is 13.0. The Kier molecular flexibility index (Phi) is 5.71. The number of aromatic nitrogens is 1. The van der Waals surface area contributed by atoms with Gasteiger partial charge in [0.05, 0.1) is 11.3 Å². The minimum absolute atomic E-state index is 0.0259. The lowest BCUT2D eigenvalue weighted by molar-refractivity contribution is -0.120. The maximum Gasteiger partial charge on any atom is 0.261 e. The van der Waals surface area contributed by atoms with Crippen molar-refractivity contribution in [3.05, 3.63) is 48.2 Å². The molecule has 1 N–H and O–H groups in total. The number of para-hydroxylation sites is 1. The quantitative estimate of drug-likeness (QED) is 0.806. The highest BCUT2D eigenvalue weighted by Crippen LogP contribution is 2.39. The molecule has 130 valence electrons. The summed E-state index contributed by atoms with van der Waals surface area (Å²) in [6.07, 6.45) is 3.98. The van der Waals surface area contributed by atoms with E-state index in [4.69, 9.17) is 0 Å². The summed E-state index contributed by atoms with van der Waals surface area (Å²) >= 11 is 1.49. The molecule has 3 rings (SSSR count). The summed E-state index contributed by atoms with van der Waals surface area (Å²) < 4.78 is 0. The fourth-order valence-corrected chi connectivity index (χ4v) is 3.71. The number of carbonyl (C=O) groups excluding carboxylic acids is 2. The Labute approximate surface area is 151 Å². The van der Waals surface area contributed by atoms with Crippen molar-refractivity contribution in [2.24, 2.45) is 0 Å². The average Bonchev–Trinajstić information content (AvgIpc) is 2.75. The number of amides is 2. The van der Waals surface area contributed by atoms with Crippen LogP contribution in [0.25, 0.3) is 0 Å². The molecule has 0 fully saturated rings. The predicted octanol–water partition coefficient (Wildman–Crippen LogP) is 3.50. The number of anilines is 1. The molecule has 1 aromatic heterocycles. The Morgan fingerprint density at radius 2 is 2.08 bits per heavy atom. The SMILES string of the molecule is CCCCNC(=O)CCN1C(=O)c2cccnc2Sc2ccccc21. The second kappa shape index (κ2) is 8.16. The molecular formula is C19H21N3O2S. The molecule has 2 amide bonds. The van der Waals surface area contributed by atoms with Gasteiger partial charge in [-0.25, -0.2) is 4.98 Å². The number of carbonyl (C=O) groups is 2. The molecule has 2 heterocycles. The van der Waals surface area contributed by atoms with Crippen molar-refractivity contribution < 1.29 is 9.59 Å². The van der Waals surface area contributed by atoms with Gasteiger partial charge >= 0.3 is 0 Å². The molecule has 0 spiro atoms. The summed E-state index contributed by atoms with van der Waals surface area (Å²) in [6.45, 7) is 3.12. The number of rotatable bonds is 6. The number of nitrogens with zero attached hydrogens (tertiary/aromatic N) is 2. The maximum atomic E-state index is 13.0. The zero-order chi connectivity index (χ0) is 17.6. The fraction of sp³-hybridized carbons (Fsp3) is 0.316. The van der Waals surface area contributed by atoms with Gasteiger partial charge in [0.15, 0.2) is 0 Å². The third-order valence-corrected chi connectivity index (χ3v) is 5.11. The van der Waals surface area contributed by atoms with Crippen LogP contribution in [-0.2, 0) is 4.79 Å². The number of pyridine rings is 1. The maximum absolute atomic E-state index is 13.0. The Hall–Kier alpha value is -2.34. The van der Waals surface area contributed by atoms with E-state index in [1.54, 1.807) is 23.2 Å². The van der Waals surface area contributed by atoms with E-state index in [-0.39, 0.29) is 18.2 Å². The van der Waals surface area contributed by atoms with E-state index in [2.05, 4.69) is 17.2 Å². The van der Waals surface area contributed by atoms with Crippen molar-refractivity contribution >= 4 is 29.3 Å². The van der Waals surface area contributed by atoms with E-state index >= 15 is 0 Å². The molecule has 0 radical (unpaired) electrons. The monoisotopic (exact) mass is 355 g/mol. The van der Waals surface area contributed by atoms with Crippen molar-refractivity contribution in [1.82, 2.24) is 10.3 Å². The largest absolute Gasteiger partial charge is 0.356 e. The van der Waals surface area contributed by atoms with Gasteiger partial charge in [0.1, 0.15) is 5.03 Å². The number of nitrogens with one attached hydrogen (secondary N) is 1. The van der Waals surface area contributed by atoms with E-state index < -0.39 is 0 Å². The Morgan fingerprint density at radius 3 is 2.92 bits per heavy atom. The number of hydrogen-bond donors (Lipinski definition) is 1. The van der Waals surface area contributed by atoms with Gasteiger partial charge in [-0.3, -0.25) is 9.59 Å². The first-order chi connectivity index (χ1) is 12.2. The highest BCUT2D eigenvalue weighted by Gasteiger charge is 2.27. The molecule has 5 nitrogen and oxygen atoms in total. The molecule has 0 saturated heterocycles. The van der Waals surface area contributed by atoms with E-state index in [1.807, 2.05) is 24.3 Å². The van der Waals surface area contributed by atoms with Crippen LogP contribution in [0.5, 0.6) is 0 Å². The first-order valence-electron chi connectivity index (χ1n) is 8.51. The molecule has 0 bridgehead atoms. The molecule has 6 heteroatoms. The summed E-state index contributed by atoms with van der Waals surface area (Å²) in [5.74, 6) is -0.135. The first-order valence-corrected chi connectivity index (χ1v) is 9.33. The van der Waals surface area contributed by atoms with Crippen molar-refractivity contribution in [3.8, 4) is 0 Å². The van der Waals surface area contributed by atoms with Crippen LogP contribution in [-0.4, -0.2) is 29.9 Å². The molecule has 25 heavy (non-hydrogen) atoms. The molecule has 1 aromatic carbocycles. The molecule has 1 aliphatic rings. The van der Waals surface area contributed by atoms with Gasteiger partial charge in [0.25, 0.3) is 5.91 Å². The lowest BCUT2D eigenvalue weighted by Gasteiger charge is -2.22. The van der Waals surface area contributed by atoms with Crippen molar-refractivity contribution in [2.45, 2.75) is 36.1 Å². The van der Waals surface area contributed by atoms with Crippen LogP contribution in [0.3, 0.4) is 0 Å². The standard InChI is InChI=1S/C19H21N3O2S/c1-2-3-11-20-17(23)10-13-22-15-8-4-5-9-16(15)25-18-14(19(22)24)7-6-12-21-18/h4-9,12H,2-3,10-11,13H2,1H3,(H,20,23). The fourth-order valence-electron chi connectivity index (χ4n) is 2.69. The zero-order valence-corrected chi connectivity index (χ0v) is 15.0. The number of fused-ring (bicyclic) bond motifs is 2. The van der Waals surface area contributed by atoms with Gasteiger partial charge in [-0.05, 0) is 30.7 Å². The lowest BCUT2D eigenvalue weighted by Crippen LogP contribution is -2.35. The van der Waals surface area contributed by atoms with Crippen LogP contribution in [0.4, 0.5) is 5.69 Å². The topological polar surface area (TPSA) is 62.3 Å². The molecule has 0 aliphatic carbocycles. The third-order valence-electron chi connectivity index (χ3n) is 4.02. The summed E-state index contributed by atoms with van der Waals surface area (Å²) in [4.78, 5) is 32.1. The molecule has 2 aromatic rings. The zero-order valence-electron chi connectivity index (χ0n) is 14.2. The van der Waals surface area contributed by atoms with Crippen molar-refractivity contribution in [2.75, 3.05) is 18.0 Å². The van der Waals surface area contributed by atoms with Gasteiger partial charge in [0.2, 0.25) is 5.91 Å². The van der Waals surface area contributed by atoms with Crippen LogP contribution in [0, 0.1) is 0 Å². The van der Waals surface area contributed by atoms with E-state index in [0.29, 0.717) is 23.7 Å². The average molecular weight is 355 g/mol. The molecule has 0 unspecified atom stereocenters. The van der Waals surface area contributed by atoms with E-state index in [0.717, 1.165) is 23.4 Å². The van der Waals surface area contributed by atoms with Gasteiger partial charge in [-0.2, -0.15) is 0 Å². The van der Waals surface area contributed by atoms with Crippen LogP contribution in [0.15, 0.2) is 52.5 Å². The highest BCUT2D eigenvalue weighted by molar-refractivity contribution is 7.99. The van der Waals surface area contributed by atoms with Crippen LogP contribution in [0.2, 0.25) is 0 Å². The first kappa shape index (κ1) is 17.5. The molecule has 0 atom stereocenters. The second-order valence-electron chi connectivity index (χ2n) is 5.84. The van der Waals surface area contributed by atoms with Gasteiger partial charge in [-0.15, -0.1) is 0 Å². The second-order valence-corrected chi connectivity index (χ2v) is 6.87. The predicted molar refractivity (Wildman–Crippen MR) is 99.0 cm³/mol. The van der Waals surface area contributed by atoms with Crippen molar-refractivity contribution in [1.29, 1.82) is 0 Å². The number of benzene rings is 1. The molecule has 0 saturated carbocycles. The summed E-state index contributed by atoms with van der Waals surface area (Å²) in [6, 6.07) is 11.3. The molecular weight excluding hydrogens is 334 g/mol. The van der Waals surface area contributed by atoms with Gasteiger partial charge in [0, 0.05) is 30.6 Å².